The average Bonchev–Trinajstić information content (AvgIpc) is 1.89. The van der Waals surface area contributed by atoms with Crippen LogP contribution in [0.4, 0.5) is 0 Å². The lowest BCUT2D eigenvalue weighted by molar-refractivity contribution is -0.147. The molecule has 0 aromatic heterocycles. The van der Waals surface area contributed by atoms with Crippen molar-refractivity contribution in [3.05, 3.63) is 12.7 Å². The monoisotopic (exact) mass is 143 g/mol. The predicted molar refractivity (Wildman–Crippen MR) is 39.4 cm³/mol. The van der Waals surface area contributed by atoms with Crippen LogP contribution >= 0.6 is 0 Å². The zero-order chi connectivity index (χ0) is 8.20. The lowest BCUT2D eigenvalue weighted by atomic mass is 10.1. The molecule has 0 saturated heterocycles. The Labute approximate surface area is 60.9 Å². The molecule has 0 aliphatic carbocycles. The number of carbonyl (C=O) groups excluding carboxylic acids is 1. The van der Waals surface area contributed by atoms with E-state index in [-0.39, 0.29) is 0 Å². The van der Waals surface area contributed by atoms with Crippen molar-refractivity contribution in [2.75, 3.05) is 6.61 Å². The normalized spacial score (nSPS) is 15.5. The number of hydrogen-bond donors (Lipinski definition) is 1. The van der Waals surface area contributed by atoms with Crippen molar-refractivity contribution in [1.82, 2.24) is 0 Å². The van der Waals surface area contributed by atoms with Gasteiger partial charge in [0.15, 0.2) is 0 Å². The van der Waals surface area contributed by atoms with Crippen LogP contribution in [0.5, 0.6) is 0 Å². The van der Waals surface area contributed by atoms with Gasteiger partial charge in [0.2, 0.25) is 0 Å². The second-order valence-corrected chi connectivity index (χ2v) is 2.21. The van der Waals surface area contributed by atoms with Crippen LogP contribution in [0.2, 0.25) is 0 Å². The Morgan fingerprint density at radius 1 is 1.90 bits per heavy atom. The molecule has 2 N–H and O–H groups in total. The maximum atomic E-state index is 10.9. The smallest absolute Gasteiger partial charge is 0.329 e. The van der Waals surface area contributed by atoms with Crippen molar-refractivity contribution in [2.24, 2.45) is 5.73 Å². The van der Waals surface area contributed by atoms with Crippen LogP contribution < -0.4 is 5.73 Å². The molecule has 3 nitrogen and oxygen atoms in total. The Morgan fingerprint density at radius 2 is 2.40 bits per heavy atom. The highest BCUT2D eigenvalue weighted by Crippen LogP contribution is 2.02. The second-order valence-electron chi connectivity index (χ2n) is 2.21. The van der Waals surface area contributed by atoms with Gasteiger partial charge >= 0.3 is 5.97 Å². The predicted octanol–water partition coefficient (Wildman–Crippen LogP) is 0.453. The Hall–Kier alpha value is -0.830. The minimum absolute atomic E-state index is 0.347. The topological polar surface area (TPSA) is 52.3 Å². The number of carbonyl (C=O) groups is 1. The summed E-state index contributed by atoms with van der Waals surface area (Å²) >= 11 is 0. The van der Waals surface area contributed by atoms with Gasteiger partial charge in [-0.2, -0.15) is 0 Å². The molecule has 0 amide bonds. The van der Waals surface area contributed by atoms with Crippen molar-refractivity contribution in [1.29, 1.82) is 0 Å². The molecule has 0 aliphatic rings. The molecule has 1 unspecified atom stereocenters. The maximum Gasteiger partial charge on any atom is 0.329 e. The zero-order valence-corrected chi connectivity index (χ0v) is 6.39. The summed E-state index contributed by atoms with van der Waals surface area (Å²) in [4.78, 5) is 10.9. The van der Waals surface area contributed by atoms with Gasteiger partial charge in [-0.15, -0.1) is 6.58 Å². The maximum absolute atomic E-state index is 10.9. The van der Waals surface area contributed by atoms with E-state index in [9.17, 15) is 4.79 Å². The number of nitrogens with two attached hydrogens (primary N) is 1. The molecule has 3 heteroatoms. The van der Waals surface area contributed by atoms with Crippen molar-refractivity contribution in [2.45, 2.75) is 19.4 Å². The van der Waals surface area contributed by atoms with Gasteiger partial charge in [-0.1, -0.05) is 6.08 Å². The molecule has 0 saturated carbocycles. The van der Waals surface area contributed by atoms with Gasteiger partial charge in [-0.3, -0.25) is 0 Å². The second kappa shape index (κ2) is 3.37. The molecule has 0 fully saturated rings. The molecule has 10 heavy (non-hydrogen) atoms. The highest BCUT2D eigenvalue weighted by Gasteiger charge is 2.25. The van der Waals surface area contributed by atoms with Gasteiger partial charge in [0.1, 0.15) is 5.54 Å². The summed E-state index contributed by atoms with van der Waals surface area (Å²) in [6, 6.07) is 0. The SMILES string of the molecule is C=CC(C)(N)C(=O)OCC. The van der Waals surface area contributed by atoms with Gasteiger partial charge in [0.25, 0.3) is 0 Å². The first kappa shape index (κ1) is 9.17. The Morgan fingerprint density at radius 3 is 2.70 bits per heavy atom. The molecule has 0 spiro atoms. The van der Waals surface area contributed by atoms with Gasteiger partial charge in [0.05, 0.1) is 6.61 Å². The third kappa shape index (κ3) is 2.19. The zero-order valence-electron chi connectivity index (χ0n) is 6.39. The van der Waals surface area contributed by atoms with Gasteiger partial charge in [0, 0.05) is 0 Å². The highest BCUT2D eigenvalue weighted by atomic mass is 16.5. The number of esters is 1. The lowest BCUT2D eigenvalue weighted by Gasteiger charge is -2.16. The van der Waals surface area contributed by atoms with Crippen LogP contribution in [0.15, 0.2) is 12.7 Å². The third-order valence-electron chi connectivity index (χ3n) is 1.14. The fraction of sp³-hybridized carbons (Fsp3) is 0.571. The Balaban J connectivity index is 4.04. The molecule has 0 rings (SSSR count). The summed E-state index contributed by atoms with van der Waals surface area (Å²) in [5, 5.41) is 0. The van der Waals surface area contributed by atoms with E-state index in [4.69, 9.17) is 5.73 Å². The first-order valence-electron chi connectivity index (χ1n) is 3.14. The molecule has 0 aromatic rings. The fourth-order valence-corrected chi connectivity index (χ4v) is 0.370. The molecule has 0 heterocycles. The fourth-order valence-electron chi connectivity index (χ4n) is 0.370. The van der Waals surface area contributed by atoms with E-state index in [1.54, 1.807) is 13.8 Å². The summed E-state index contributed by atoms with van der Waals surface area (Å²) in [6.45, 7) is 7.04. The third-order valence-corrected chi connectivity index (χ3v) is 1.14. The van der Waals surface area contributed by atoms with E-state index in [0.717, 1.165) is 0 Å². The average molecular weight is 143 g/mol. The van der Waals surface area contributed by atoms with E-state index in [2.05, 4.69) is 11.3 Å². The van der Waals surface area contributed by atoms with Crippen LogP contribution in [0, 0.1) is 0 Å². The summed E-state index contributed by atoms with van der Waals surface area (Å²) in [5.74, 6) is -0.440. The summed E-state index contributed by atoms with van der Waals surface area (Å²) in [6.07, 6.45) is 1.37. The molecular weight excluding hydrogens is 130 g/mol. The summed E-state index contributed by atoms with van der Waals surface area (Å²) < 4.78 is 4.66. The van der Waals surface area contributed by atoms with Crippen LogP contribution in [0.3, 0.4) is 0 Å². The quantitative estimate of drug-likeness (QED) is 0.461. The van der Waals surface area contributed by atoms with E-state index < -0.39 is 11.5 Å². The Kier molecular flexibility index (Phi) is 3.09. The van der Waals surface area contributed by atoms with Crippen LogP contribution in [0.25, 0.3) is 0 Å². The molecule has 0 aliphatic heterocycles. The molecule has 0 aromatic carbocycles. The molecule has 0 radical (unpaired) electrons. The lowest BCUT2D eigenvalue weighted by Crippen LogP contribution is -2.43. The first-order chi connectivity index (χ1) is 4.54. The Bertz CT molecular complexity index is 141. The number of rotatable bonds is 3. The van der Waals surface area contributed by atoms with Gasteiger partial charge in [-0.25, -0.2) is 4.79 Å². The minimum Gasteiger partial charge on any atom is -0.464 e. The standard InChI is InChI=1S/C7H13NO2/c1-4-7(3,8)6(9)10-5-2/h4H,1,5,8H2,2-3H3. The summed E-state index contributed by atoms with van der Waals surface area (Å²) in [5.41, 5.74) is 4.41. The van der Waals surface area contributed by atoms with Crippen LogP contribution in [0.1, 0.15) is 13.8 Å². The van der Waals surface area contributed by atoms with Crippen molar-refractivity contribution in [3.8, 4) is 0 Å². The highest BCUT2D eigenvalue weighted by molar-refractivity contribution is 5.82. The minimum atomic E-state index is -1.05. The first-order valence-corrected chi connectivity index (χ1v) is 3.14. The van der Waals surface area contributed by atoms with E-state index in [0.29, 0.717) is 6.61 Å². The van der Waals surface area contributed by atoms with E-state index >= 15 is 0 Å². The van der Waals surface area contributed by atoms with Gasteiger partial charge < -0.3 is 10.5 Å². The molecular formula is C7H13NO2. The molecule has 58 valence electrons. The van der Waals surface area contributed by atoms with Crippen molar-refractivity contribution >= 4 is 5.97 Å². The molecule has 1 atom stereocenters. The van der Waals surface area contributed by atoms with Crippen molar-refractivity contribution < 1.29 is 9.53 Å². The largest absolute Gasteiger partial charge is 0.464 e. The molecule has 0 bridgehead atoms. The van der Waals surface area contributed by atoms with E-state index in [1.165, 1.54) is 6.08 Å². The van der Waals surface area contributed by atoms with Crippen LogP contribution in [-0.2, 0) is 9.53 Å². The van der Waals surface area contributed by atoms with Gasteiger partial charge in [-0.05, 0) is 13.8 Å². The number of hydrogen-bond acceptors (Lipinski definition) is 3. The van der Waals surface area contributed by atoms with Crippen molar-refractivity contribution in [3.63, 3.8) is 0 Å². The summed E-state index contributed by atoms with van der Waals surface area (Å²) in [7, 11) is 0. The number of ether oxygens (including phenoxy) is 1. The van der Waals surface area contributed by atoms with E-state index in [1.807, 2.05) is 0 Å². The van der Waals surface area contributed by atoms with Crippen LogP contribution in [-0.4, -0.2) is 18.1 Å².